The van der Waals surface area contributed by atoms with Gasteiger partial charge in [0.2, 0.25) is 0 Å². The van der Waals surface area contributed by atoms with Gasteiger partial charge in [-0.25, -0.2) is 0 Å². The summed E-state index contributed by atoms with van der Waals surface area (Å²) in [6.07, 6.45) is 1.16. The van der Waals surface area contributed by atoms with Gasteiger partial charge >= 0.3 is 57.5 Å². The van der Waals surface area contributed by atoms with Crippen LogP contribution in [0.4, 0.5) is 0 Å². The second-order valence-electron chi connectivity index (χ2n) is 1.53. The summed E-state index contributed by atoms with van der Waals surface area (Å²) in [6, 6.07) is 0. The number of rotatable bonds is 0. The van der Waals surface area contributed by atoms with E-state index >= 15 is 0 Å². The van der Waals surface area contributed by atoms with E-state index in [2.05, 4.69) is 0 Å². The van der Waals surface area contributed by atoms with Gasteiger partial charge < -0.3 is 0 Å². The molecule has 1 heterocycles. The van der Waals surface area contributed by atoms with Gasteiger partial charge in [0, 0.05) is 0 Å². The van der Waals surface area contributed by atoms with Crippen molar-refractivity contribution in [2.45, 2.75) is 3.86 Å². The molecule has 1 atom stereocenters. The Kier molecular flexibility index (Phi) is 1.69. The molecule has 0 spiro atoms. The van der Waals surface area contributed by atoms with Crippen molar-refractivity contribution in [2.75, 3.05) is 0 Å². The second kappa shape index (κ2) is 2.16. The molecule has 0 aromatic carbocycles. The summed E-state index contributed by atoms with van der Waals surface area (Å²) < 4.78 is 0.199. The third-order valence-corrected chi connectivity index (χ3v) is 3.94. The summed E-state index contributed by atoms with van der Waals surface area (Å²) in [6.45, 7) is 0. The average Bonchev–Trinajstić information content (AvgIpc) is 1.85. The quantitative estimate of drug-likeness (QED) is 0.489. The van der Waals surface area contributed by atoms with Crippen LogP contribution in [0, 0.1) is 0 Å². The molecule has 43 valence electrons. The van der Waals surface area contributed by atoms with Crippen LogP contribution in [0.25, 0.3) is 0 Å². The van der Waals surface area contributed by atoms with Crippen molar-refractivity contribution in [3.8, 4) is 0 Å². The molecule has 0 aromatic rings. The Morgan fingerprint density at radius 3 is 2.50 bits per heavy atom. The monoisotopic (exact) mass is 218 g/mol. The minimum atomic E-state index is -1.46. The molecule has 0 saturated carbocycles. The van der Waals surface area contributed by atoms with E-state index < -0.39 is 27.1 Å². The van der Waals surface area contributed by atoms with Crippen LogP contribution in [0.3, 0.4) is 0 Å². The maximum absolute atomic E-state index is 8.73. The molecule has 0 amide bonds. The normalized spacial score (nSPS) is 27.5. The van der Waals surface area contributed by atoms with Crippen LogP contribution in [0.5, 0.6) is 0 Å². The minimum absolute atomic E-state index is 0.103. The molecule has 3 N–H and O–H groups in total. The van der Waals surface area contributed by atoms with Crippen LogP contribution in [0.2, 0.25) is 0 Å². The van der Waals surface area contributed by atoms with Gasteiger partial charge in [-0.2, -0.15) is 0 Å². The van der Waals surface area contributed by atoms with Crippen molar-refractivity contribution in [2.24, 2.45) is 0 Å². The van der Waals surface area contributed by atoms with Gasteiger partial charge in [-0.3, -0.25) is 0 Å². The molecule has 0 aromatic heterocycles. The zero-order valence-corrected chi connectivity index (χ0v) is 7.32. The molecular weight excluding hydrogens is 213 g/mol. The summed E-state index contributed by atoms with van der Waals surface area (Å²) in [4.78, 5) is 0. The van der Waals surface area contributed by atoms with Gasteiger partial charge in [-0.15, -0.1) is 0 Å². The summed E-state index contributed by atoms with van der Waals surface area (Å²) in [7, 11) is 0. The number of hydrogen-bond acceptors (Lipinski definition) is 4. The zero-order valence-electron chi connectivity index (χ0n) is 4.02. The van der Waals surface area contributed by atoms with Gasteiger partial charge in [-0.1, -0.05) is 0 Å². The Labute approximate surface area is 57.7 Å². The van der Waals surface area contributed by atoms with Crippen LogP contribution in [0.15, 0.2) is 12.0 Å². The fraction of sp³-hybridized carbons (Fsp3) is 0.333. The maximum atomic E-state index is 8.73. The molecular formula is C3H5InNO3. The predicted octanol–water partition coefficient (Wildman–Crippen LogP) is -0.972. The Morgan fingerprint density at radius 1 is 1.75 bits per heavy atom. The second-order valence-corrected chi connectivity index (χ2v) is 5.69. The van der Waals surface area contributed by atoms with E-state index in [1.165, 1.54) is 0 Å². The number of nitrogens with zero attached hydrogens (tertiary/aromatic N) is 1. The van der Waals surface area contributed by atoms with Gasteiger partial charge in [0.1, 0.15) is 0 Å². The SMILES string of the molecule is OC1=C[N](O)[In][CH]1O. The van der Waals surface area contributed by atoms with Gasteiger partial charge in [0.05, 0.1) is 0 Å². The third kappa shape index (κ3) is 1.10. The number of hydroxylamine groups is 1. The van der Waals surface area contributed by atoms with Crippen molar-refractivity contribution >= 4 is 23.2 Å². The topological polar surface area (TPSA) is 63.9 Å². The standard InChI is InChI=1S/C3H5NO3.In/c5-2-3(6)1-4-7;/h1-2,5-7H;/q-1;+1. The van der Waals surface area contributed by atoms with Crippen LogP contribution in [-0.4, -0.2) is 45.5 Å². The van der Waals surface area contributed by atoms with Crippen molar-refractivity contribution in [3.05, 3.63) is 12.0 Å². The van der Waals surface area contributed by atoms with E-state index in [-0.39, 0.29) is 5.76 Å². The number of aliphatic hydroxyl groups is 2. The first-order valence-electron chi connectivity index (χ1n) is 2.11. The fourth-order valence-corrected chi connectivity index (χ4v) is 2.66. The fourth-order valence-electron chi connectivity index (χ4n) is 0.476. The van der Waals surface area contributed by atoms with Crippen molar-refractivity contribution in [1.82, 2.24) is 3.05 Å². The summed E-state index contributed by atoms with van der Waals surface area (Å²) in [5.41, 5.74) is 0. The van der Waals surface area contributed by atoms with Gasteiger partial charge in [-0.05, 0) is 0 Å². The summed E-state index contributed by atoms with van der Waals surface area (Å²) in [5, 5.41) is 25.9. The van der Waals surface area contributed by atoms with Crippen LogP contribution >= 0.6 is 0 Å². The van der Waals surface area contributed by atoms with E-state index in [9.17, 15) is 0 Å². The Balaban J connectivity index is 2.59. The predicted molar refractivity (Wildman–Crippen MR) is 26.1 cm³/mol. The van der Waals surface area contributed by atoms with Gasteiger partial charge in [0.25, 0.3) is 0 Å². The first-order valence-corrected chi connectivity index (χ1v) is 5.49. The van der Waals surface area contributed by atoms with Crippen LogP contribution in [0.1, 0.15) is 0 Å². The Morgan fingerprint density at radius 2 is 2.38 bits per heavy atom. The van der Waals surface area contributed by atoms with E-state index in [0.29, 0.717) is 0 Å². The molecule has 1 aliphatic heterocycles. The van der Waals surface area contributed by atoms with Crippen LogP contribution < -0.4 is 0 Å². The van der Waals surface area contributed by atoms with Crippen molar-refractivity contribution in [3.63, 3.8) is 0 Å². The molecule has 0 aliphatic carbocycles. The molecule has 0 saturated heterocycles. The molecule has 1 aliphatic rings. The molecule has 5 heteroatoms. The molecule has 4 nitrogen and oxygen atoms in total. The molecule has 1 unspecified atom stereocenters. The van der Waals surface area contributed by atoms with Crippen LogP contribution in [-0.2, 0) is 0 Å². The van der Waals surface area contributed by atoms with Gasteiger partial charge in [0.15, 0.2) is 0 Å². The van der Waals surface area contributed by atoms with E-state index in [1.54, 1.807) is 0 Å². The Hall–Kier alpha value is 0.130. The molecule has 0 fully saturated rings. The van der Waals surface area contributed by atoms with E-state index in [1.807, 2.05) is 0 Å². The first-order chi connectivity index (χ1) is 3.70. The first kappa shape index (κ1) is 6.25. The Bertz CT molecular complexity index is 126. The van der Waals surface area contributed by atoms with E-state index in [0.717, 1.165) is 9.25 Å². The molecule has 1 radical (unpaired) electrons. The molecule has 8 heavy (non-hydrogen) atoms. The third-order valence-electron chi connectivity index (χ3n) is 0.862. The zero-order chi connectivity index (χ0) is 6.15. The summed E-state index contributed by atoms with van der Waals surface area (Å²) >= 11 is -1.46. The van der Waals surface area contributed by atoms with Crippen molar-refractivity contribution < 1.29 is 15.4 Å². The van der Waals surface area contributed by atoms with Crippen molar-refractivity contribution in [1.29, 1.82) is 0 Å². The molecule has 0 bridgehead atoms. The van der Waals surface area contributed by atoms with E-state index in [4.69, 9.17) is 15.4 Å². The average molecular weight is 218 g/mol. The summed E-state index contributed by atoms with van der Waals surface area (Å²) in [5.74, 6) is -0.103. The number of aliphatic hydroxyl groups excluding tert-OH is 2. The number of hydrogen-bond donors (Lipinski definition) is 3. The molecule has 1 rings (SSSR count).